The summed E-state index contributed by atoms with van der Waals surface area (Å²) in [7, 11) is 0. The number of hydrogen-bond donors (Lipinski definition) is 2. The first kappa shape index (κ1) is 13.9. The largest absolute Gasteiger partial charge is 0.409 e. The van der Waals surface area contributed by atoms with Gasteiger partial charge in [-0.25, -0.2) is 0 Å². The number of thiophene rings is 1. The van der Waals surface area contributed by atoms with E-state index in [0.29, 0.717) is 19.5 Å². The minimum absolute atomic E-state index is 0.153. The molecule has 0 unspecified atom stereocenters. The fourth-order valence-electron chi connectivity index (χ4n) is 2.31. The van der Waals surface area contributed by atoms with Crippen LogP contribution in [0, 0.1) is 5.41 Å². The van der Waals surface area contributed by atoms with Gasteiger partial charge in [-0.15, -0.1) is 0 Å². The third kappa shape index (κ3) is 3.07. The predicted octanol–water partition coefficient (Wildman–Crippen LogP) is 1.67. The number of piperidine rings is 1. The van der Waals surface area contributed by atoms with E-state index in [0.717, 1.165) is 18.4 Å². The molecule has 0 saturated carbocycles. The number of nitrogens with two attached hydrogens (primary N) is 1. The van der Waals surface area contributed by atoms with Crippen molar-refractivity contribution in [3.8, 4) is 0 Å². The Kier molecular flexibility index (Phi) is 4.09. The smallest absolute Gasteiger partial charge is 0.227 e. The highest BCUT2D eigenvalue weighted by Crippen LogP contribution is 2.31. The van der Waals surface area contributed by atoms with Gasteiger partial charge in [-0.1, -0.05) is 12.1 Å². The molecule has 1 aromatic rings. The van der Waals surface area contributed by atoms with E-state index < -0.39 is 0 Å². The van der Waals surface area contributed by atoms with Crippen molar-refractivity contribution in [2.24, 2.45) is 16.3 Å². The van der Waals surface area contributed by atoms with Crippen LogP contribution in [0.4, 0.5) is 0 Å². The first-order valence-corrected chi connectivity index (χ1v) is 7.26. The molecule has 0 aromatic carbocycles. The fourth-order valence-corrected chi connectivity index (χ4v) is 2.97. The van der Waals surface area contributed by atoms with Gasteiger partial charge in [-0.2, -0.15) is 11.3 Å². The Hall–Kier alpha value is -1.56. The number of carbonyl (C=O) groups excluding carboxylic acids is 1. The Balaban J connectivity index is 1.91. The van der Waals surface area contributed by atoms with Gasteiger partial charge in [-0.05, 0) is 35.2 Å². The third-order valence-electron chi connectivity index (χ3n) is 3.88. The summed E-state index contributed by atoms with van der Waals surface area (Å²) in [6, 6.07) is 1.98. The molecule has 0 radical (unpaired) electrons. The van der Waals surface area contributed by atoms with Gasteiger partial charge in [0.05, 0.1) is 6.42 Å². The molecule has 6 heteroatoms. The first-order valence-electron chi connectivity index (χ1n) is 6.32. The summed E-state index contributed by atoms with van der Waals surface area (Å²) in [5, 5.41) is 15.9. The molecule has 0 aliphatic carbocycles. The predicted molar refractivity (Wildman–Crippen MR) is 75.4 cm³/mol. The average molecular weight is 281 g/mol. The van der Waals surface area contributed by atoms with Crippen LogP contribution in [0.15, 0.2) is 22.0 Å². The molecule has 1 aliphatic rings. The van der Waals surface area contributed by atoms with Gasteiger partial charge in [0.1, 0.15) is 5.84 Å². The van der Waals surface area contributed by atoms with Crippen LogP contribution in [0.25, 0.3) is 0 Å². The summed E-state index contributed by atoms with van der Waals surface area (Å²) in [4.78, 5) is 14.0. The maximum atomic E-state index is 12.1. The van der Waals surface area contributed by atoms with E-state index >= 15 is 0 Å². The van der Waals surface area contributed by atoms with E-state index in [2.05, 4.69) is 5.16 Å². The Morgan fingerprint density at radius 3 is 2.79 bits per heavy atom. The van der Waals surface area contributed by atoms with Crippen molar-refractivity contribution in [3.63, 3.8) is 0 Å². The van der Waals surface area contributed by atoms with Crippen molar-refractivity contribution in [2.45, 2.75) is 26.2 Å². The molecule has 0 spiro atoms. The lowest BCUT2D eigenvalue weighted by molar-refractivity contribution is -0.132. The summed E-state index contributed by atoms with van der Waals surface area (Å²) in [5.74, 6) is 0.414. The Bertz CT molecular complexity index is 462. The number of rotatable bonds is 3. The highest BCUT2D eigenvalue weighted by Gasteiger charge is 2.35. The van der Waals surface area contributed by atoms with Crippen LogP contribution < -0.4 is 5.73 Å². The zero-order chi connectivity index (χ0) is 13.9. The number of carbonyl (C=O) groups is 1. The fraction of sp³-hybridized carbons (Fsp3) is 0.538. The average Bonchev–Trinajstić information content (AvgIpc) is 2.91. The normalized spacial score (nSPS) is 19.4. The summed E-state index contributed by atoms with van der Waals surface area (Å²) in [5.41, 5.74) is 6.48. The van der Waals surface area contributed by atoms with Gasteiger partial charge < -0.3 is 15.8 Å². The van der Waals surface area contributed by atoms with E-state index in [1.54, 1.807) is 11.3 Å². The second kappa shape index (κ2) is 5.61. The van der Waals surface area contributed by atoms with Gasteiger partial charge in [-0.3, -0.25) is 4.79 Å². The van der Waals surface area contributed by atoms with Crippen molar-refractivity contribution in [3.05, 3.63) is 22.4 Å². The van der Waals surface area contributed by atoms with Crippen LogP contribution in [0.3, 0.4) is 0 Å². The molecular weight excluding hydrogens is 262 g/mol. The molecule has 1 aliphatic heterocycles. The van der Waals surface area contributed by atoms with Crippen LogP contribution in [0.5, 0.6) is 0 Å². The molecule has 5 nitrogen and oxygen atoms in total. The molecular formula is C13H19N3O2S. The first-order chi connectivity index (χ1) is 9.05. The van der Waals surface area contributed by atoms with Gasteiger partial charge in [0.25, 0.3) is 0 Å². The van der Waals surface area contributed by atoms with Crippen LogP contribution in [0.1, 0.15) is 25.3 Å². The van der Waals surface area contributed by atoms with Crippen molar-refractivity contribution >= 4 is 23.1 Å². The maximum absolute atomic E-state index is 12.1. The lowest BCUT2D eigenvalue weighted by Crippen LogP contribution is -2.47. The Morgan fingerprint density at radius 1 is 1.58 bits per heavy atom. The van der Waals surface area contributed by atoms with E-state index in [1.165, 1.54) is 0 Å². The maximum Gasteiger partial charge on any atom is 0.227 e. The number of oxime groups is 1. The molecule has 0 bridgehead atoms. The van der Waals surface area contributed by atoms with Crippen LogP contribution in [-0.2, 0) is 11.2 Å². The van der Waals surface area contributed by atoms with Crippen molar-refractivity contribution in [2.75, 3.05) is 13.1 Å². The highest BCUT2D eigenvalue weighted by molar-refractivity contribution is 7.07. The summed E-state index contributed by atoms with van der Waals surface area (Å²) in [6.07, 6.45) is 1.93. The zero-order valence-electron chi connectivity index (χ0n) is 11.0. The minimum atomic E-state index is -0.298. The molecule has 1 saturated heterocycles. The van der Waals surface area contributed by atoms with Gasteiger partial charge in [0, 0.05) is 18.5 Å². The second-order valence-electron chi connectivity index (χ2n) is 5.24. The molecule has 104 valence electrons. The van der Waals surface area contributed by atoms with E-state index in [1.807, 2.05) is 28.7 Å². The number of amidine groups is 1. The van der Waals surface area contributed by atoms with Crippen molar-refractivity contribution < 1.29 is 10.0 Å². The van der Waals surface area contributed by atoms with Crippen LogP contribution in [0.2, 0.25) is 0 Å². The third-order valence-corrected chi connectivity index (χ3v) is 4.61. The molecule has 2 heterocycles. The quantitative estimate of drug-likeness (QED) is 0.383. The Morgan fingerprint density at radius 2 is 2.26 bits per heavy atom. The monoisotopic (exact) mass is 281 g/mol. The number of amides is 1. The van der Waals surface area contributed by atoms with E-state index in [-0.39, 0.29) is 17.2 Å². The second-order valence-corrected chi connectivity index (χ2v) is 6.02. The topological polar surface area (TPSA) is 78.9 Å². The molecule has 2 rings (SSSR count). The number of nitrogens with zero attached hydrogens (tertiary/aromatic N) is 2. The van der Waals surface area contributed by atoms with Crippen molar-refractivity contribution in [1.29, 1.82) is 0 Å². The molecule has 3 N–H and O–H groups in total. The minimum Gasteiger partial charge on any atom is -0.409 e. The standard InChI is InChI=1S/C13H19N3O2S/c1-13(12(14)15-18)3-5-16(6-4-13)11(17)8-10-2-7-19-9-10/h2,7,9,18H,3-6,8H2,1H3,(H2,14,15). The van der Waals surface area contributed by atoms with Crippen LogP contribution >= 0.6 is 11.3 Å². The molecule has 1 fully saturated rings. The van der Waals surface area contributed by atoms with E-state index in [9.17, 15) is 4.79 Å². The van der Waals surface area contributed by atoms with Gasteiger partial charge in [0.15, 0.2) is 0 Å². The molecule has 1 amide bonds. The highest BCUT2D eigenvalue weighted by atomic mass is 32.1. The van der Waals surface area contributed by atoms with Gasteiger partial charge in [0.2, 0.25) is 5.91 Å². The van der Waals surface area contributed by atoms with E-state index in [4.69, 9.17) is 10.9 Å². The number of hydrogen-bond acceptors (Lipinski definition) is 4. The summed E-state index contributed by atoms with van der Waals surface area (Å²) >= 11 is 1.60. The SMILES string of the molecule is CC1(/C(N)=N/O)CCN(C(=O)Cc2ccsc2)CC1. The summed E-state index contributed by atoms with van der Waals surface area (Å²) < 4.78 is 0. The van der Waals surface area contributed by atoms with Gasteiger partial charge >= 0.3 is 0 Å². The number of likely N-dealkylation sites (tertiary alicyclic amines) is 1. The summed E-state index contributed by atoms with van der Waals surface area (Å²) in [6.45, 7) is 3.30. The zero-order valence-corrected chi connectivity index (χ0v) is 11.8. The Labute approximate surface area is 116 Å². The lowest BCUT2D eigenvalue weighted by atomic mass is 9.79. The van der Waals surface area contributed by atoms with Crippen LogP contribution in [-0.4, -0.2) is 34.9 Å². The lowest BCUT2D eigenvalue weighted by Gasteiger charge is -2.38. The molecule has 0 atom stereocenters. The molecule has 1 aromatic heterocycles. The van der Waals surface area contributed by atoms with Crippen molar-refractivity contribution in [1.82, 2.24) is 4.90 Å². The molecule has 19 heavy (non-hydrogen) atoms.